The molecule has 1 N–H and O–H groups in total. The fraction of sp³-hybridized carbons (Fsp3) is 0.409. The molecule has 2 aliphatic heterocycles. The zero-order valence-electron chi connectivity index (χ0n) is 17.0. The number of carbonyl (C=O) groups excluding carboxylic acids is 3. The first-order chi connectivity index (χ1) is 15.0. The molecule has 1 aliphatic carbocycles. The van der Waals surface area contributed by atoms with Crippen molar-refractivity contribution in [2.75, 3.05) is 37.6 Å². The van der Waals surface area contributed by atoms with E-state index in [2.05, 4.69) is 10.2 Å². The van der Waals surface area contributed by atoms with Gasteiger partial charge in [0.25, 0.3) is 5.91 Å². The minimum atomic E-state index is -1.00. The third-order valence-corrected chi connectivity index (χ3v) is 7.65. The van der Waals surface area contributed by atoms with Gasteiger partial charge in [0.15, 0.2) is 0 Å². The van der Waals surface area contributed by atoms with Gasteiger partial charge < -0.3 is 15.1 Å². The molecule has 9 heteroatoms. The monoisotopic (exact) mass is 458 g/mol. The molecule has 7 nitrogen and oxygen atoms in total. The Bertz CT molecular complexity index is 1050. The minimum absolute atomic E-state index is 0.201. The highest BCUT2D eigenvalue weighted by Gasteiger charge is 2.54. The molecule has 1 aromatic heterocycles. The van der Waals surface area contributed by atoms with Crippen LogP contribution in [-0.4, -0.2) is 60.4 Å². The number of urea groups is 1. The SMILES string of the molecule is O=C(CN1C(=O)NC2(CCCc3sccc32)C1=O)N1CCN(c2cccc(Cl)c2)CC1. The Morgan fingerprint density at radius 2 is 1.97 bits per heavy atom. The van der Waals surface area contributed by atoms with Gasteiger partial charge in [-0.2, -0.15) is 0 Å². The molecule has 1 aromatic carbocycles. The van der Waals surface area contributed by atoms with Crippen molar-refractivity contribution in [2.24, 2.45) is 0 Å². The summed E-state index contributed by atoms with van der Waals surface area (Å²) in [5.74, 6) is -0.504. The minimum Gasteiger partial charge on any atom is -0.368 e. The van der Waals surface area contributed by atoms with E-state index in [0.29, 0.717) is 37.6 Å². The Morgan fingerprint density at radius 3 is 2.74 bits per heavy atom. The van der Waals surface area contributed by atoms with Gasteiger partial charge >= 0.3 is 6.03 Å². The lowest BCUT2D eigenvalue weighted by molar-refractivity contribution is -0.139. The van der Waals surface area contributed by atoms with Crippen molar-refractivity contribution in [1.82, 2.24) is 15.1 Å². The van der Waals surface area contributed by atoms with Gasteiger partial charge in [-0.15, -0.1) is 11.3 Å². The maximum atomic E-state index is 13.3. The number of rotatable bonds is 3. The molecule has 3 heterocycles. The van der Waals surface area contributed by atoms with E-state index < -0.39 is 11.6 Å². The molecule has 162 valence electrons. The number of nitrogens with one attached hydrogen (secondary N) is 1. The molecular weight excluding hydrogens is 436 g/mol. The highest BCUT2D eigenvalue weighted by molar-refractivity contribution is 7.10. The Balaban J connectivity index is 1.25. The highest BCUT2D eigenvalue weighted by atomic mass is 35.5. The van der Waals surface area contributed by atoms with E-state index in [1.165, 1.54) is 0 Å². The second kappa shape index (κ2) is 7.84. The van der Waals surface area contributed by atoms with Gasteiger partial charge in [-0.3, -0.25) is 14.5 Å². The average molecular weight is 459 g/mol. The second-order valence-electron chi connectivity index (χ2n) is 8.19. The van der Waals surface area contributed by atoms with Crippen LogP contribution in [0.3, 0.4) is 0 Å². The van der Waals surface area contributed by atoms with Gasteiger partial charge in [0.05, 0.1) is 0 Å². The standard InChI is InChI=1S/C22H23ClN4O3S/c23-15-3-1-4-16(13-15)25-8-10-26(11-9-25)19(28)14-27-20(29)22(24-21(27)30)7-2-5-18-17(22)6-12-31-18/h1,3-4,6,12-13H,2,5,7-11,14H2,(H,24,30). The zero-order valence-corrected chi connectivity index (χ0v) is 18.5. The summed E-state index contributed by atoms with van der Waals surface area (Å²) in [6.07, 6.45) is 2.34. The number of amides is 4. The lowest BCUT2D eigenvalue weighted by Gasteiger charge is -2.36. The first kappa shape index (κ1) is 20.3. The van der Waals surface area contributed by atoms with Crippen molar-refractivity contribution in [2.45, 2.75) is 24.8 Å². The van der Waals surface area contributed by atoms with E-state index in [1.807, 2.05) is 35.7 Å². The second-order valence-corrected chi connectivity index (χ2v) is 9.62. The Labute approximate surface area is 189 Å². The molecule has 2 fully saturated rings. The molecule has 5 rings (SSSR count). The number of hydrogen-bond donors (Lipinski definition) is 1. The van der Waals surface area contributed by atoms with Crippen molar-refractivity contribution < 1.29 is 14.4 Å². The summed E-state index contributed by atoms with van der Waals surface area (Å²) in [6, 6.07) is 9.11. The molecule has 4 amide bonds. The van der Waals surface area contributed by atoms with E-state index in [9.17, 15) is 14.4 Å². The average Bonchev–Trinajstić information content (AvgIpc) is 3.34. The molecule has 0 saturated carbocycles. The summed E-state index contributed by atoms with van der Waals surface area (Å²) in [5, 5.41) is 5.55. The predicted molar refractivity (Wildman–Crippen MR) is 119 cm³/mol. The maximum absolute atomic E-state index is 13.3. The van der Waals surface area contributed by atoms with Crippen molar-refractivity contribution in [3.05, 3.63) is 51.2 Å². The van der Waals surface area contributed by atoms with Crippen LogP contribution in [0.4, 0.5) is 10.5 Å². The van der Waals surface area contributed by atoms with Crippen LogP contribution in [0, 0.1) is 0 Å². The zero-order chi connectivity index (χ0) is 21.6. The van der Waals surface area contributed by atoms with Crippen LogP contribution in [0.2, 0.25) is 5.02 Å². The van der Waals surface area contributed by atoms with Gasteiger partial charge in [-0.05, 0) is 48.9 Å². The fourth-order valence-corrected chi connectivity index (χ4v) is 5.99. The number of piperazine rings is 1. The number of fused-ring (bicyclic) bond motifs is 2. The van der Waals surface area contributed by atoms with Crippen molar-refractivity contribution in [1.29, 1.82) is 0 Å². The van der Waals surface area contributed by atoms with Gasteiger partial charge in [0, 0.05) is 47.3 Å². The molecule has 1 atom stereocenters. The normalized spacial score (nSPS) is 23.3. The molecule has 1 unspecified atom stereocenters. The molecule has 3 aliphatic rings. The highest BCUT2D eigenvalue weighted by Crippen LogP contribution is 2.42. The summed E-state index contributed by atoms with van der Waals surface area (Å²) in [6.45, 7) is 2.20. The van der Waals surface area contributed by atoms with E-state index in [0.717, 1.165) is 33.9 Å². The van der Waals surface area contributed by atoms with Crippen molar-refractivity contribution in [3.63, 3.8) is 0 Å². The van der Waals surface area contributed by atoms with Crippen LogP contribution < -0.4 is 10.2 Å². The van der Waals surface area contributed by atoms with Crippen LogP contribution in [0.25, 0.3) is 0 Å². The van der Waals surface area contributed by atoms with Crippen LogP contribution in [0.15, 0.2) is 35.7 Å². The van der Waals surface area contributed by atoms with E-state index >= 15 is 0 Å². The number of imide groups is 1. The molecule has 2 saturated heterocycles. The van der Waals surface area contributed by atoms with Gasteiger partial charge in [-0.1, -0.05) is 17.7 Å². The first-order valence-corrected chi connectivity index (χ1v) is 11.7. The largest absolute Gasteiger partial charge is 0.368 e. The lowest BCUT2D eigenvalue weighted by Crippen LogP contribution is -2.52. The summed E-state index contributed by atoms with van der Waals surface area (Å²) in [7, 11) is 0. The van der Waals surface area contributed by atoms with Crippen molar-refractivity contribution in [3.8, 4) is 0 Å². The van der Waals surface area contributed by atoms with Crippen LogP contribution >= 0.6 is 22.9 Å². The molecule has 0 radical (unpaired) electrons. The number of halogens is 1. The first-order valence-electron chi connectivity index (χ1n) is 10.5. The number of nitrogens with zero attached hydrogens (tertiary/aromatic N) is 3. The molecule has 2 aromatic rings. The van der Waals surface area contributed by atoms with Crippen molar-refractivity contribution >= 4 is 46.5 Å². The summed E-state index contributed by atoms with van der Waals surface area (Å²) in [5.41, 5.74) is 0.919. The maximum Gasteiger partial charge on any atom is 0.325 e. The number of benzene rings is 1. The quantitative estimate of drug-likeness (QED) is 0.718. The summed E-state index contributed by atoms with van der Waals surface area (Å²) < 4.78 is 0. The number of anilines is 1. The van der Waals surface area contributed by atoms with Gasteiger partial charge in [-0.25, -0.2) is 4.79 Å². The Kier molecular flexibility index (Phi) is 5.14. The third kappa shape index (κ3) is 3.47. The van der Waals surface area contributed by atoms with E-state index in [-0.39, 0.29) is 18.4 Å². The van der Waals surface area contributed by atoms with E-state index in [1.54, 1.807) is 16.2 Å². The predicted octanol–water partition coefficient (Wildman–Crippen LogP) is 2.83. The lowest BCUT2D eigenvalue weighted by atomic mass is 9.80. The molecular formula is C22H23ClN4O3S. The topological polar surface area (TPSA) is 73.0 Å². The van der Waals surface area contributed by atoms with Crippen LogP contribution in [0.1, 0.15) is 23.3 Å². The van der Waals surface area contributed by atoms with Crippen LogP contribution in [-0.2, 0) is 21.5 Å². The number of hydrogen-bond acceptors (Lipinski definition) is 5. The smallest absolute Gasteiger partial charge is 0.325 e. The molecule has 1 spiro atoms. The fourth-order valence-electron chi connectivity index (χ4n) is 4.81. The Hall–Kier alpha value is -2.58. The summed E-state index contributed by atoms with van der Waals surface area (Å²) >= 11 is 7.70. The number of aryl methyl sites for hydroxylation is 1. The Morgan fingerprint density at radius 1 is 1.16 bits per heavy atom. The van der Waals surface area contributed by atoms with Gasteiger partial charge in [0.2, 0.25) is 5.91 Å². The molecule has 0 bridgehead atoms. The molecule has 31 heavy (non-hydrogen) atoms. The van der Waals surface area contributed by atoms with Crippen LogP contribution in [0.5, 0.6) is 0 Å². The number of carbonyl (C=O) groups is 3. The number of thiophene rings is 1. The van der Waals surface area contributed by atoms with Gasteiger partial charge in [0.1, 0.15) is 12.1 Å². The van der Waals surface area contributed by atoms with E-state index in [4.69, 9.17) is 11.6 Å². The summed E-state index contributed by atoms with van der Waals surface area (Å²) in [4.78, 5) is 45.0. The third-order valence-electron chi connectivity index (χ3n) is 6.44.